The zero-order valence-electron chi connectivity index (χ0n) is 10.6. The predicted molar refractivity (Wildman–Crippen MR) is 74.5 cm³/mol. The van der Waals surface area contributed by atoms with Crippen molar-refractivity contribution in [3.05, 3.63) is 28.8 Å². The third-order valence-electron chi connectivity index (χ3n) is 3.57. The molecule has 1 saturated carbocycles. The van der Waals surface area contributed by atoms with E-state index in [1.54, 1.807) is 0 Å². The van der Waals surface area contributed by atoms with E-state index in [-0.39, 0.29) is 11.5 Å². The molecule has 19 heavy (non-hydrogen) atoms. The number of nitrogens with one attached hydrogen (secondary N) is 1. The fraction of sp³-hybridized carbons (Fsp3) is 0.538. The average molecular weight is 304 g/mol. The van der Waals surface area contributed by atoms with Gasteiger partial charge in [-0.15, -0.1) is 0 Å². The second-order valence-corrected chi connectivity index (χ2v) is 7.07. The smallest absolute Gasteiger partial charge is 0.240 e. The Morgan fingerprint density at radius 3 is 2.68 bits per heavy atom. The van der Waals surface area contributed by atoms with Crippen molar-refractivity contribution in [3.8, 4) is 0 Å². The Balaban J connectivity index is 2.01. The highest BCUT2D eigenvalue weighted by molar-refractivity contribution is 7.89. The number of aliphatic hydroxyl groups excluding tert-OH is 1. The summed E-state index contributed by atoms with van der Waals surface area (Å²) in [5.41, 5.74) is 0.420. The molecule has 1 aliphatic rings. The van der Waals surface area contributed by atoms with Crippen LogP contribution in [0.25, 0.3) is 0 Å². The van der Waals surface area contributed by atoms with Crippen LogP contribution >= 0.6 is 11.6 Å². The summed E-state index contributed by atoms with van der Waals surface area (Å²) in [5.74, 6) is 0.668. The van der Waals surface area contributed by atoms with Crippen molar-refractivity contribution >= 4 is 21.6 Å². The summed E-state index contributed by atoms with van der Waals surface area (Å²) in [4.78, 5) is 0.148. The van der Waals surface area contributed by atoms with Crippen LogP contribution in [0, 0.1) is 5.92 Å². The Morgan fingerprint density at radius 1 is 1.37 bits per heavy atom. The van der Waals surface area contributed by atoms with Crippen molar-refractivity contribution in [2.45, 2.75) is 37.2 Å². The zero-order chi connectivity index (χ0) is 13.9. The third-order valence-corrected chi connectivity index (χ3v) is 5.39. The van der Waals surface area contributed by atoms with Crippen molar-refractivity contribution < 1.29 is 13.5 Å². The molecule has 0 saturated heterocycles. The number of hydrogen-bond acceptors (Lipinski definition) is 3. The van der Waals surface area contributed by atoms with Crippen molar-refractivity contribution in [2.75, 3.05) is 6.54 Å². The minimum absolute atomic E-state index is 0.148. The second kappa shape index (κ2) is 6.22. The van der Waals surface area contributed by atoms with Gasteiger partial charge in [0, 0.05) is 11.6 Å². The van der Waals surface area contributed by atoms with E-state index >= 15 is 0 Å². The Kier molecular flexibility index (Phi) is 4.84. The molecule has 2 rings (SSSR count). The van der Waals surface area contributed by atoms with Crippen molar-refractivity contribution in [1.82, 2.24) is 4.72 Å². The fourth-order valence-electron chi connectivity index (χ4n) is 2.10. The average Bonchev–Trinajstić information content (AvgIpc) is 2.32. The van der Waals surface area contributed by atoms with Gasteiger partial charge in [-0.1, -0.05) is 30.9 Å². The summed E-state index contributed by atoms with van der Waals surface area (Å²) < 4.78 is 26.7. The molecule has 0 radical (unpaired) electrons. The monoisotopic (exact) mass is 303 g/mol. The molecule has 2 N–H and O–H groups in total. The molecule has 1 aromatic carbocycles. The van der Waals surface area contributed by atoms with Crippen LogP contribution in [-0.4, -0.2) is 20.1 Å². The summed E-state index contributed by atoms with van der Waals surface area (Å²) in [5, 5.41) is 9.47. The van der Waals surface area contributed by atoms with Gasteiger partial charge in [-0.2, -0.15) is 0 Å². The first-order chi connectivity index (χ1) is 9.03. The van der Waals surface area contributed by atoms with Crippen LogP contribution in [0.1, 0.15) is 31.2 Å². The molecule has 1 aliphatic carbocycles. The maximum Gasteiger partial charge on any atom is 0.240 e. The molecule has 0 heterocycles. The van der Waals surface area contributed by atoms with E-state index in [1.165, 1.54) is 37.5 Å². The molecule has 1 fully saturated rings. The Hall–Kier alpha value is -0.620. The van der Waals surface area contributed by atoms with E-state index in [9.17, 15) is 8.42 Å². The van der Waals surface area contributed by atoms with Crippen molar-refractivity contribution in [2.24, 2.45) is 5.92 Å². The van der Waals surface area contributed by atoms with Crippen LogP contribution in [0.5, 0.6) is 0 Å². The first-order valence-corrected chi connectivity index (χ1v) is 8.28. The van der Waals surface area contributed by atoms with Gasteiger partial charge in [0.2, 0.25) is 10.0 Å². The maximum absolute atomic E-state index is 12.1. The largest absolute Gasteiger partial charge is 0.392 e. The van der Waals surface area contributed by atoms with Gasteiger partial charge in [-0.25, -0.2) is 13.1 Å². The van der Waals surface area contributed by atoms with Crippen LogP contribution in [0.2, 0.25) is 5.02 Å². The van der Waals surface area contributed by atoms with Gasteiger partial charge in [0.15, 0.2) is 0 Å². The summed E-state index contributed by atoms with van der Waals surface area (Å²) in [6.45, 7) is 0.189. The molecule has 0 unspecified atom stereocenters. The van der Waals surface area contributed by atoms with Crippen LogP contribution in [0.3, 0.4) is 0 Å². The van der Waals surface area contributed by atoms with Gasteiger partial charge in [0.05, 0.1) is 11.5 Å². The van der Waals surface area contributed by atoms with E-state index in [4.69, 9.17) is 16.7 Å². The molecular formula is C13H18ClNO3S. The standard InChI is InChI=1S/C13H18ClNO3S/c14-13-5-4-12(8-11(13)9-16)19(17,18)15-7-6-10-2-1-3-10/h4-5,8,10,15-16H,1-3,6-7,9H2. The zero-order valence-corrected chi connectivity index (χ0v) is 12.2. The maximum atomic E-state index is 12.1. The van der Waals surface area contributed by atoms with Crippen LogP contribution in [0.4, 0.5) is 0 Å². The second-order valence-electron chi connectivity index (χ2n) is 4.89. The third kappa shape index (κ3) is 3.69. The molecule has 0 aromatic heterocycles. The van der Waals surface area contributed by atoms with Gasteiger partial charge in [0.25, 0.3) is 0 Å². The highest BCUT2D eigenvalue weighted by atomic mass is 35.5. The molecule has 6 heteroatoms. The summed E-state index contributed by atoms with van der Waals surface area (Å²) in [6.07, 6.45) is 4.56. The lowest BCUT2D eigenvalue weighted by Gasteiger charge is -2.25. The minimum Gasteiger partial charge on any atom is -0.392 e. The van der Waals surface area contributed by atoms with Gasteiger partial charge in [-0.05, 0) is 36.1 Å². The lowest BCUT2D eigenvalue weighted by atomic mass is 9.83. The molecule has 0 aliphatic heterocycles. The Labute approximate surface area is 118 Å². The van der Waals surface area contributed by atoms with E-state index in [2.05, 4.69) is 4.72 Å². The van der Waals surface area contributed by atoms with E-state index in [1.807, 2.05) is 0 Å². The van der Waals surface area contributed by atoms with E-state index < -0.39 is 10.0 Å². The molecule has 4 nitrogen and oxygen atoms in total. The molecule has 0 spiro atoms. The summed E-state index contributed by atoms with van der Waals surface area (Å²) in [7, 11) is -3.51. The number of aliphatic hydroxyl groups is 1. The highest BCUT2D eigenvalue weighted by Gasteiger charge is 2.19. The first kappa shape index (κ1) is 14.8. The fourth-order valence-corrected chi connectivity index (χ4v) is 3.38. The molecule has 0 amide bonds. The van der Waals surface area contributed by atoms with Crippen LogP contribution in [-0.2, 0) is 16.6 Å². The highest BCUT2D eigenvalue weighted by Crippen LogP contribution is 2.29. The lowest BCUT2D eigenvalue weighted by Crippen LogP contribution is -2.27. The molecular weight excluding hydrogens is 286 g/mol. The first-order valence-electron chi connectivity index (χ1n) is 6.42. The van der Waals surface area contributed by atoms with Gasteiger partial charge in [0.1, 0.15) is 0 Å². The predicted octanol–water partition coefficient (Wildman–Crippen LogP) is 2.30. The van der Waals surface area contributed by atoms with Gasteiger partial charge >= 0.3 is 0 Å². The van der Waals surface area contributed by atoms with Crippen molar-refractivity contribution in [3.63, 3.8) is 0 Å². The number of halogens is 1. The molecule has 0 bridgehead atoms. The topological polar surface area (TPSA) is 66.4 Å². The lowest BCUT2D eigenvalue weighted by molar-refractivity contribution is 0.281. The minimum atomic E-state index is -3.51. The SMILES string of the molecule is O=S(=O)(NCCC1CCC1)c1ccc(Cl)c(CO)c1. The Morgan fingerprint density at radius 2 is 2.11 bits per heavy atom. The molecule has 0 atom stereocenters. The quantitative estimate of drug-likeness (QED) is 0.847. The molecule has 106 valence electrons. The van der Waals surface area contributed by atoms with Gasteiger partial charge < -0.3 is 5.11 Å². The van der Waals surface area contributed by atoms with E-state index in [0.29, 0.717) is 23.0 Å². The van der Waals surface area contributed by atoms with Crippen LogP contribution < -0.4 is 4.72 Å². The number of rotatable bonds is 6. The molecule has 1 aromatic rings. The summed E-state index contributed by atoms with van der Waals surface area (Å²) >= 11 is 5.84. The number of benzene rings is 1. The van der Waals surface area contributed by atoms with E-state index in [0.717, 1.165) is 6.42 Å². The van der Waals surface area contributed by atoms with Crippen LogP contribution in [0.15, 0.2) is 23.1 Å². The van der Waals surface area contributed by atoms with Gasteiger partial charge in [-0.3, -0.25) is 0 Å². The van der Waals surface area contributed by atoms with Crippen molar-refractivity contribution in [1.29, 1.82) is 0 Å². The number of sulfonamides is 1. The summed E-state index contributed by atoms with van der Waals surface area (Å²) in [6, 6.07) is 4.36. The number of hydrogen-bond donors (Lipinski definition) is 2. The normalized spacial score (nSPS) is 16.3. The Bertz CT molecular complexity index is 541.